The van der Waals surface area contributed by atoms with E-state index in [9.17, 15) is 14.7 Å². The predicted octanol–water partition coefficient (Wildman–Crippen LogP) is 2.42. The van der Waals surface area contributed by atoms with Crippen LogP contribution in [0.15, 0.2) is 12.7 Å². The summed E-state index contributed by atoms with van der Waals surface area (Å²) in [5.41, 5.74) is -0.658. The lowest BCUT2D eigenvalue weighted by Gasteiger charge is -2.27. The number of ether oxygens (including phenoxy) is 1. The van der Waals surface area contributed by atoms with Crippen molar-refractivity contribution in [3.8, 4) is 0 Å². The van der Waals surface area contributed by atoms with Crippen LogP contribution in [0, 0.1) is 0 Å². The van der Waals surface area contributed by atoms with E-state index < -0.39 is 23.7 Å². The average Bonchev–Trinajstić information content (AvgIpc) is 2.62. The first-order chi connectivity index (χ1) is 13.2. The highest BCUT2D eigenvalue weighted by molar-refractivity contribution is 5.78. The lowest BCUT2D eigenvalue weighted by atomic mass is 9.91. The number of carboxylic acid groups (broad SMARTS) is 1. The van der Waals surface area contributed by atoms with Crippen molar-refractivity contribution in [3.05, 3.63) is 12.7 Å². The van der Waals surface area contributed by atoms with Gasteiger partial charge in [0.15, 0.2) is 0 Å². The van der Waals surface area contributed by atoms with Crippen LogP contribution in [0.1, 0.15) is 91.4 Å². The van der Waals surface area contributed by atoms with Crippen LogP contribution in [0.25, 0.3) is 0 Å². The number of quaternary nitrogens is 1. The minimum atomic E-state index is -1.36. The molecule has 0 heterocycles. The summed E-state index contributed by atoms with van der Waals surface area (Å²) in [4.78, 5) is 21.8. The second kappa shape index (κ2) is 12.8. The lowest BCUT2D eigenvalue weighted by molar-refractivity contribution is -0.725. The molecular formula is C22H40N2O4. The van der Waals surface area contributed by atoms with E-state index in [1.807, 2.05) is 0 Å². The number of carbonyl (C=O) groups excluding carboxylic acids is 2. The van der Waals surface area contributed by atoms with Crippen molar-refractivity contribution in [3.63, 3.8) is 0 Å². The Bertz CT molecular complexity index is 459. The molecule has 2 aliphatic rings. The summed E-state index contributed by atoms with van der Waals surface area (Å²) in [5, 5.41) is 15.5. The first-order valence-corrected chi connectivity index (χ1v) is 10.9. The first kappa shape index (κ1) is 24.5. The van der Waals surface area contributed by atoms with Gasteiger partial charge in [-0.25, -0.2) is 4.79 Å². The average molecular weight is 397 g/mol. The van der Waals surface area contributed by atoms with Crippen LogP contribution < -0.4 is 15.7 Å². The first-order valence-electron chi connectivity index (χ1n) is 10.9. The van der Waals surface area contributed by atoms with E-state index in [2.05, 4.69) is 17.2 Å². The SMILES string of the molecule is C1CCC([NH2+]C2CCCCC2)CC1.C=CC[C@H](NC(=O)OC(C)(C)C)C(=O)[O-]. The van der Waals surface area contributed by atoms with Crippen LogP contribution in [0.3, 0.4) is 0 Å². The fraction of sp³-hybridized carbons (Fsp3) is 0.818. The fourth-order valence-corrected chi connectivity index (χ4v) is 3.87. The number of nitrogens with two attached hydrogens (primary N) is 1. The summed E-state index contributed by atoms with van der Waals surface area (Å²) < 4.78 is 4.89. The van der Waals surface area contributed by atoms with Gasteiger partial charge in [-0.1, -0.05) is 18.9 Å². The number of nitrogens with one attached hydrogen (secondary N) is 1. The molecule has 6 nitrogen and oxygen atoms in total. The third kappa shape index (κ3) is 11.3. The Labute approximate surface area is 170 Å². The van der Waals surface area contributed by atoms with Crippen LogP contribution in [0.5, 0.6) is 0 Å². The summed E-state index contributed by atoms with van der Waals surface area (Å²) in [6, 6.07) is 0.894. The zero-order valence-corrected chi connectivity index (χ0v) is 18.0. The molecule has 0 aromatic rings. The Balaban J connectivity index is 0.000000281. The molecule has 3 N–H and O–H groups in total. The maximum atomic E-state index is 11.2. The second-order valence-electron chi connectivity index (χ2n) is 9.03. The van der Waals surface area contributed by atoms with Crippen LogP contribution in [-0.4, -0.2) is 35.8 Å². The number of hydrogen-bond acceptors (Lipinski definition) is 4. The minimum absolute atomic E-state index is 0.0988. The number of rotatable bonds is 6. The van der Waals surface area contributed by atoms with Gasteiger partial charge >= 0.3 is 6.09 Å². The topological polar surface area (TPSA) is 95.1 Å². The smallest absolute Gasteiger partial charge is 0.408 e. The molecule has 0 aromatic heterocycles. The molecular weight excluding hydrogens is 356 g/mol. The standard InChI is InChI=1S/C12H23N.C10H17NO4/c1-3-7-11(8-4-1)13-12-9-5-2-6-10-12;1-5-6-7(8(12)13)11-9(14)15-10(2,3)4/h11-13H,1-10H2;5,7H,1,6H2,2-4H3,(H,11,14)(H,12,13)/t;7-/m.0/s1. The van der Waals surface area contributed by atoms with Gasteiger partial charge in [0.1, 0.15) is 5.60 Å². The Kier molecular flexibility index (Phi) is 11.2. The molecule has 0 aromatic carbocycles. The normalized spacial score (nSPS) is 19.7. The fourth-order valence-electron chi connectivity index (χ4n) is 3.87. The van der Waals surface area contributed by atoms with Gasteiger partial charge in [-0.05, 0) is 78.6 Å². The largest absolute Gasteiger partial charge is 0.548 e. The Morgan fingerprint density at radius 2 is 1.54 bits per heavy atom. The maximum absolute atomic E-state index is 11.2. The van der Waals surface area contributed by atoms with E-state index in [-0.39, 0.29) is 6.42 Å². The zero-order chi connectivity index (χ0) is 21.0. The van der Waals surface area contributed by atoms with Crippen LogP contribution in [0.2, 0.25) is 0 Å². The lowest BCUT2D eigenvalue weighted by Crippen LogP contribution is -2.95. The van der Waals surface area contributed by atoms with E-state index in [1.54, 1.807) is 20.8 Å². The summed E-state index contributed by atoms with van der Waals surface area (Å²) in [5.74, 6) is -1.36. The molecule has 6 heteroatoms. The van der Waals surface area contributed by atoms with Crippen LogP contribution in [0.4, 0.5) is 4.79 Å². The Morgan fingerprint density at radius 1 is 1.07 bits per heavy atom. The minimum Gasteiger partial charge on any atom is -0.548 e. The molecule has 0 aliphatic heterocycles. The van der Waals surface area contributed by atoms with Gasteiger partial charge in [0.25, 0.3) is 0 Å². The Morgan fingerprint density at radius 3 is 1.89 bits per heavy atom. The molecule has 0 spiro atoms. The third-order valence-electron chi connectivity index (χ3n) is 5.22. The molecule has 2 aliphatic carbocycles. The maximum Gasteiger partial charge on any atom is 0.408 e. The molecule has 2 saturated carbocycles. The summed E-state index contributed by atoms with van der Waals surface area (Å²) in [7, 11) is 0. The van der Waals surface area contributed by atoms with Crippen molar-refractivity contribution in [1.82, 2.24) is 5.32 Å². The summed E-state index contributed by atoms with van der Waals surface area (Å²) in [6.45, 7) is 8.45. The number of aliphatic carboxylic acids is 1. The molecule has 2 fully saturated rings. The van der Waals surface area contributed by atoms with E-state index in [0.29, 0.717) is 0 Å². The number of amides is 1. The van der Waals surface area contributed by atoms with Crippen LogP contribution in [-0.2, 0) is 9.53 Å². The zero-order valence-electron chi connectivity index (χ0n) is 18.0. The second-order valence-corrected chi connectivity index (χ2v) is 9.03. The van der Waals surface area contributed by atoms with Gasteiger partial charge in [0, 0.05) is 0 Å². The third-order valence-corrected chi connectivity index (χ3v) is 5.22. The Hall–Kier alpha value is -1.56. The molecule has 0 radical (unpaired) electrons. The molecule has 0 saturated heterocycles. The van der Waals surface area contributed by atoms with Gasteiger partial charge in [-0.2, -0.15) is 0 Å². The van der Waals surface area contributed by atoms with Gasteiger partial charge in [-0.3, -0.25) is 0 Å². The molecule has 0 unspecified atom stereocenters. The van der Waals surface area contributed by atoms with E-state index in [4.69, 9.17) is 4.74 Å². The van der Waals surface area contributed by atoms with Crippen molar-refractivity contribution in [2.45, 2.75) is 115 Å². The predicted molar refractivity (Wildman–Crippen MR) is 109 cm³/mol. The van der Waals surface area contributed by atoms with Crippen LogP contribution >= 0.6 is 0 Å². The van der Waals surface area contributed by atoms with E-state index in [1.165, 1.54) is 70.3 Å². The molecule has 0 bridgehead atoms. The highest BCUT2D eigenvalue weighted by Gasteiger charge is 2.23. The molecule has 1 amide bonds. The summed E-state index contributed by atoms with van der Waals surface area (Å²) >= 11 is 0. The number of alkyl carbamates (subject to hydrolysis) is 1. The molecule has 2 rings (SSSR count). The number of hydrogen-bond donors (Lipinski definition) is 2. The van der Waals surface area contributed by atoms with Crippen molar-refractivity contribution in [2.24, 2.45) is 0 Å². The molecule has 28 heavy (non-hydrogen) atoms. The van der Waals surface area contributed by atoms with Gasteiger partial charge in [-0.15, -0.1) is 6.58 Å². The van der Waals surface area contributed by atoms with Crippen molar-refractivity contribution >= 4 is 12.1 Å². The van der Waals surface area contributed by atoms with Gasteiger partial charge in [0.05, 0.1) is 24.1 Å². The quantitative estimate of drug-likeness (QED) is 0.674. The highest BCUT2D eigenvalue weighted by atomic mass is 16.6. The van der Waals surface area contributed by atoms with E-state index in [0.717, 1.165) is 12.1 Å². The number of carboxylic acids is 1. The summed E-state index contributed by atoms with van der Waals surface area (Å²) in [6.07, 6.45) is 15.7. The van der Waals surface area contributed by atoms with Crippen molar-refractivity contribution in [1.29, 1.82) is 0 Å². The molecule has 1 atom stereocenters. The van der Waals surface area contributed by atoms with Gasteiger partial charge < -0.3 is 25.3 Å². The highest BCUT2D eigenvalue weighted by Crippen LogP contribution is 2.18. The van der Waals surface area contributed by atoms with Gasteiger partial charge in [0.2, 0.25) is 0 Å². The number of carbonyl (C=O) groups is 2. The van der Waals surface area contributed by atoms with E-state index >= 15 is 0 Å². The van der Waals surface area contributed by atoms with Crippen molar-refractivity contribution < 1.29 is 24.7 Å². The monoisotopic (exact) mass is 396 g/mol. The molecule has 162 valence electrons. The van der Waals surface area contributed by atoms with Crippen molar-refractivity contribution in [2.75, 3.05) is 0 Å².